The van der Waals surface area contributed by atoms with Crippen LogP contribution in [0.2, 0.25) is 5.02 Å². The zero-order valence-electron chi connectivity index (χ0n) is 4.63. The Morgan fingerprint density at radius 2 is 2.11 bits per heavy atom. The summed E-state index contributed by atoms with van der Waals surface area (Å²) in [6.07, 6.45) is 0. The number of halogens is 1. The van der Waals surface area contributed by atoms with Crippen molar-refractivity contribution in [3.05, 3.63) is 23.2 Å². The van der Waals surface area contributed by atoms with Crippen molar-refractivity contribution in [2.45, 2.75) is 0 Å². The fraction of sp³-hybridized carbons (Fsp3) is 0. The van der Waals surface area contributed by atoms with E-state index in [0.29, 0.717) is 5.02 Å². The third-order valence-electron chi connectivity index (χ3n) is 1.01. The summed E-state index contributed by atoms with van der Waals surface area (Å²) in [5.41, 5.74) is 0. The van der Waals surface area contributed by atoms with Crippen LogP contribution in [0, 0.1) is 0 Å². The standard InChI is InChI=1S/C6H4ClO.In/c7-5-3-1-2-4-6(5)8;/h1-2,4,8H;. The molecule has 0 amide bonds. The molecular weight excluding hydrogens is 238 g/mol. The molecule has 1 nitrogen and oxygen atoms in total. The molecule has 44 valence electrons. The van der Waals surface area contributed by atoms with E-state index in [0.717, 1.165) is 27.7 Å². The van der Waals surface area contributed by atoms with E-state index in [1.807, 2.05) is 6.07 Å². The predicted octanol–water partition coefficient (Wildman–Crippen LogP) is 0.839. The third-order valence-corrected chi connectivity index (χ3v) is 3.32. The Morgan fingerprint density at radius 3 is 2.56 bits per heavy atom. The molecule has 0 saturated heterocycles. The van der Waals surface area contributed by atoms with E-state index in [2.05, 4.69) is 0 Å². The first kappa shape index (κ1) is 7.29. The van der Waals surface area contributed by atoms with Crippen LogP contribution in [0.5, 0.6) is 5.75 Å². The number of hydrogen-bond acceptors (Lipinski definition) is 1. The van der Waals surface area contributed by atoms with Gasteiger partial charge in [0.25, 0.3) is 0 Å². The van der Waals surface area contributed by atoms with Crippen molar-refractivity contribution in [1.29, 1.82) is 0 Å². The van der Waals surface area contributed by atoms with Crippen molar-refractivity contribution in [2.24, 2.45) is 0 Å². The molecule has 0 aliphatic heterocycles. The van der Waals surface area contributed by atoms with E-state index in [4.69, 9.17) is 16.7 Å². The Bertz CT molecular complexity index is 204. The summed E-state index contributed by atoms with van der Waals surface area (Å²) in [5, 5.41) is 9.49. The Hall–Kier alpha value is 0.180. The average Bonchev–Trinajstić information content (AvgIpc) is 1.83. The van der Waals surface area contributed by atoms with Gasteiger partial charge >= 0.3 is 73.4 Å². The molecule has 0 aromatic heterocycles. The van der Waals surface area contributed by atoms with Gasteiger partial charge in [0.1, 0.15) is 0 Å². The quantitative estimate of drug-likeness (QED) is 0.715. The molecule has 0 spiro atoms. The fourth-order valence-electron chi connectivity index (χ4n) is 0.537. The summed E-state index contributed by atoms with van der Waals surface area (Å²) in [4.78, 5) is 0. The van der Waals surface area contributed by atoms with Crippen LogP contribution in [0.4, 0.5) is 0 Å². The predicted molar refractivity (Wildman–Crippen MR) is 38.5 cm³/mol. The number of benzene rings is 1. The summed E-state index contributed by atoms with van der Waals surface area (Å²) < 4.78 is 1.03. The van der Waals surface area contributed by atoms with Crippen LogP contribution in [-0.4, -0.2) is 29.5 Å². The molecule has 0 atom stereocenters. The van der Waals surface area contributed by atoms with Crippen LogP contribution >= 0.6 is 11.6 Å². The number of phenolic OH excluding ortho intramolecular Hbond substituents is 1. The van der Waals surface area contributed by atoms with Gasteiger partial charge < -0.3 is 0 Å². The molecule has 1 rings (SSSR count). The molecule has 1 aromatic rings. The summed E-state index contributed by atoms with van der Waals surface area (Å²) in [6.45, 7) is 0. The van der Waals surface area contributed by atoms with Crippen LogP contribution in [0.25, 0.3) is 0 Å². The van der Waals surface area contributed by atoms with Gasteiger partial charge in [-0.15, -0.1) is 0 Å². The van der Waals surface area contributed by atoms with Gasteiger partial charge in [0.15, 0.2) is 0 Å². The Kier molecular flexibility index (Phi) is 2.30. The molecule has 0 aliphatic carbocycles. The fourth-order valence-corrected chi connectivity index (χ4v) is 1.40. The summed E-state index contributed by atoms with van der Waals surface area (Å²) >= 11 is 6.60. The van der Waals surface area contributed by atoms with Crippen molar-refractivity contribution >= 4 is 39.3 Å². The minimum atomic E-state index is 0.182. The first-order valence-electron chi connectivity index (χ1n) is 2.45. The topological polar surface area (TPSA) is 20.2 Å². The van der Waals surface area contributed by atoms with Crippen LogP contribution < -0.4 is 3.32 Å². The van der Waals surface area contributed by atoms with Crippen molar-refractivity contribution < 1.29 is 5.11 Å². The van der Waals surface area contributed by atoms with Crippen LogP contribution in [0.15, 0.2) is 18.2 Å². The zero-order valence-corrected chi connectivity index (χ0v) is 8.69. The van der Waals surface area contributed by atoms with E-state index in [1.54, 1.807) is 12.1 Å². The Labute approximate surface area is 73.2 Å². The van der Waals surface area contributed by atoms with Gasteiger partial charge in [-0.1, -0.05) is 0 Å². The maximum atomic E-state index is 8.99. The Balaban J connectivity index is 3.25. The second-order valence-corrected chi connectivity index (χ2v) is 3.83. The summed E-state index contributed by atoms with van der Waals surface area (Å²) in [5.74, 6) is 0.182. The average molecular weight is 242 g/mol. The molecule has 0 bridgehead atoms. The van der Waals surface area contributed by atoms with Crippen molar-refractivity contribution in [3.8, 4) is 5.75 Å². The maximum absolute atomic E-state index is 8.99. The molecule has 3 heteroatoms. The Morgan fingerprint density at radius 1 is 1.44 bits per heavy atom. The number of rotatable bonds is 0. The van der Waals surface area contributed by atoms with E-state index in [-0.39, 0.29) is 5.75 Å². The number of hydrogen-bond donors (Lipinski definition) is 1. The van der Waals surface area contributed by atoms with Gasteiger partial charge in [-0.25, -0.2) is 0 Å². The van der Waals surface area contributed by atoms with Crippen LogP contribution in [-0.2, 0) is 0 Å². The molecule has 0 aliphatic rings. The van der Waals surface area contributed by atoms with Crippen molar-refractivity contribution in [2.75, 3.05) is 0 Å². The summed E-state index contributed by atoms with van der Waals surface area (Å²) in [7, 11) is 0. The minimum absolute atomic E-state index is 0.182. The number of aromatic hydroxyl groups is 1. The van der Waals surface area contributed by atoms with Gasteiger partial charge in [-0.2, -0.15) is 0 Å². The van der Waals surface area contributed by atoms with Gasteiger partial charge in [0.05, 0.1) is 0 Å². The van der Waals surface area contributed by atoms with Gasteiger partial charge in [-0.05, 0) is 0 Å². The van der Waals surface area contributed by atoms with E-state index in [9.17, 15) is 0 Å². The molecule has 1 aromatic carbocycles. The van der Waals surface area contributed by atoms with Crippen LogP contribution in [0.1, 0.15) is 0 Å². The van der Waals surface area contributed by atoms with Gasteiger partial charge in [-0.3, -0.25) is 0 Å². The second kappa shape index (κ2) is 2.84. The first-order valence-corrected chi connectivity index (χ1v) is 4.47. The monoisotopic (exact) mass is 242 g/mol. The SMILES string of the molecule is Oc1ccc[c]([In])c1Cl. The molecule has 0 heterocycles. The van der Waals surface area contributed by atoms with E-state index >= 15 is 0 Å². The van der Waals surface area contributed by atoms with Crippen molar-refractivity contribution in [3.63, 3.8) is 0 Å². The molecule has 1 N–H and O–H groups in total. The second-order valence-electron chi connectivity index (χ2n) is 1.68. The summed E-state index contributed by atoms with van der Waals surface area (Å²) in [6, 6.07) is 5.29. The zero-order chi connectivity index (χ0) is 6.85. The molecular formula is C6H4ClInO. The first-order chi connectivity index (χ1) is 4.22. The molecule has 0 saturated carbocycles. The van der Waals surface area contributed by atoms with Gasteiger partial charge in [0, 0.05) is 0 Å². The van der Waals surface area contributed by atoms with Crippen molar-refractivity contribution in [1.82, 2.24) is 0 Å². The molecule has 2 radical (unpaired) electrons. The van der Waals surface area contributed by atoms with Crippen LogP contribution in [0.3, 0.4) is 0 Å². The van der Waals surface area contributed by atoms with Gasteiger partial charge in [0.2, 0.25) is 0 Å². The molecule has 0 unspecified atom stereocenters. The molecule has 0 fully saturated rings. The van der Waals surface area contributed by atoms with E-state index < -0.39 is 0 Å². The third kappa shape index (κ3) is 1.55. The number of phenols is 1. The normalized spacial score (nSPS) is 9.44. The van der Waals surface area contributed by atoms with E-state index in [1.165, 1.54) is 0 Å². The molecule has 9 heavy (non-hydrogen) atoms.